The molecule has 2 aromatic heterocycles. The fourth-order valence-corrected chi connectivity index (χ4v) is 2.96. The van der Waals surface area contributed by atoms with Crippen LogP contribution in [0.5, 0.6) is 0 Å². The van der Waals surface area contributed by atoms with E-state index in [0.717, 1.165) is 33.2 Å². The van der Waals surface area contributed by atoms with Crippen molar-refractivity contribution in [3.05, 3.63) is 41.1 Å². The lowest BCUT2D eigenvalue weighted by Crippen LogP contribution is -2.16. The normalized spacial score (nSPS) is 12.0. The van der Waals surface area contributed by atoms with Crippen LogP contribution in [0.4, 0.5) is 0 Å². The SMILES string of the molecule is CC(C)(C)Cn1nnc2c(Br)c(-c3cccnc3)ccc21. The maximum Gasteiger partial charge on any atom is 0.127 e. The van der Waals surface area contributed by atoms with E-state index in [1.807, 2.05) is 23.0 Å². The van der Waals surface area contributed by atoms with Crippen molar-refractivity contribution in [2.75, 3.05) is 0 Å². The number of aromatic nitrogens is 4. The maximum atomic E-state index is 4.33. The average Bonchev–Trinajstić information content (AvgIpc) is 2.82. The highest BCUT2D eigenvalue weighted by Crippen LogP contribution is 2.33. The van der Waals surface area contributed by atoms with Crippen LogP contribution in [0.3, 0.4) is 0 Å². The molecule has 108 valence electrons. The Morgan fingerprint density at radius 3 is 2.67 bits per heavy atom. The standard InChI is InChI=1S/C16H17BrN4/c1-16(2,3)10-21-13-7-6-12(11-5-4-8-18-9-11)14(17)15(13)19-20-21/h4-9H,10H2,1-3H3. The summed E-state index contributed by atoms with van der Waals surface area (Å²) in [5, 5.41) is 8.63. The van der Waals surface area contributed by atoms with E-state index in [1.165, 1.54) is 0 Å². The molecule has 0 saturated heterocycles. The summed E-state index contributed by atoms with van der Waals surface area (Å²) in [6, 6.07) is 8.14. The topological polar surface area (TPSA) is 43.6 Å². The smallest absolute Gasteiger partial charge is 0.127 e. The zero-order chi connectivity index (χ0) is 15.0. The highest BCUT2D eigenvalue weighted by molar-refractivity contribution is 9.10. The van der Waals surface area contributed by atoms with Gasteiger partial charge in [-0.25, -0.2) is 4.68 Å². The number of fused-ring (bicyclic) bond motifs is 1. The molecule has 0 bridgehead atoms. The predicted molar refractivity (Wildman–Crippen MR) is 87.9 cm³/mol. The summed E-state index contributed by atoms with van der Waals surface area (Å²) in [7, 11) is 0. The minimum Gasteiger partial charge on any atom is -0.264 e. The van der Waals surface area contributed by atoms with Crippen molar-refractivity contribution in [3.63, 3.8) is 0 Å². The van der Waals surface area contributed by atoms with Gasteiger partial charge in [-0.3, -0.25) is 4.98 Å². The van der Waals surface area contributed by atoms with Gasteiger partial charge in [0.2, 0.25) is 0 Å². The van der Waals surface area contributed by atoms with Gasteiger partial charge in [-0.2, -0.15) is 0 Å². The van der Waals surface area contributed by atoms with Crippen LogP contribution in [0.1, 0.15) is 20.8 Å². The predicted octanol–water partition coefficient (Wildman–Crippen LogP) is 4.30. The van der Waals surface area contributed by atoms with Crippen LogP contribution >= 0.6 is 15.9 Å². The van der Waals surface area contributed by atoms with Gasteiger partial charge in [-0.1, -0.05) is 38.1 Å². The Balaban J connectivity index is 2.11. The molecule has 0 aliphatic carbocycles. The minimum atomic E-state index is 0.162. The van der Waals surface area contributed by atoms with Gasteiger partial charge in [-0.15, -0.1) is 5.10 Å². The van der Waals surface area contributed by atoms with Crippen LogP contribution in [-0.2, 0) is 6.54 Å². The second-order valence-corrected chi connectivity index (χ2v) is 7.14. The molecule has 3 aromatic rings. The lowest BCUT2D eigenvalue weighted by Gasteiger charge is -2.18. The third kappa shape index (κ3) is 2.83. The van der Waals surface area contributed by atoms with Crippen LogP contribution < -0.4 is 0 Å². The second-order valence-electron chi connectivity index (χ2n) is 6.34. The third-order valence-electron chi connectivity index (χ3n) is 3.22. The van der Waals surface area contributed by atoms with Crippen molar-refractivity contribution in [2.45, 2.75) is 27.3 Å². The molecule has 1 aromatic carbocycles. The van der Waals surface area contributed by atoms with E-state index in [4.69, 9.17) is 0 Å². The molecule has 0 unspecified atom stereocenters. The fraction of sp³-hybridized carbons (Fsp3) is 0.312. The van der Waals surface area contributed by atoms with Gasteiger partial charge in [0.1, 0.15) is 5.52 Å². The fourth-order valence-electron chi connectivity index (χ4n) is 2.32. The molecule has 0 aliphatic heterocycles. The van der Waals surface area contributed by atoms with Crippen molar-refractivity contribution in [2.24, 2.45) is 5.41 Å². The number of nitrogens with zero attached hydrogens (tertiary/aromatic N) is 4. The number of rotatable bonds is 2. The number of pyridine rings is 1. The first kappa shape index (κ1) is 14.2. The van der Waals surface area contributed by atoms with Crippen molar-refractivity contribution >= 4 is 27.0 Å². The van der Waals surface area contributed by atoms with E-state index in [0.29, 0.717) is 0 Å². The first-order chi connectivity index (χ1) is 9.96. The Labute approximate surface area is 132 Å². The molecule has 0 fully saturated rings. The Morgan fingerprint density at radius 1 is 1.19 bits per heavy atom. The second kappa shape index (κ2) is 5.22. The molecule has 0 saturated carbocycles. The lowest BCUT2D eigenvalue weighted by atomic mass is 9.97. The van der Waals surface area contributed by atoms with Crippen molar-refractivity contribution in [3.8, 4) is 11.1 Å². The molecule has 0 aliphatic rings. The molecule has 0 spiro atoms. The van der Waals surface area contributed by atoms with Gasteiger partial charge in [0, 0.05) is 24.5 Å². The molecular weight excluding hydrogens is 328 g/mol. The van der Waals surface area contributed by atoms with E-state index in [-0.39, 0.29) is 5.41 Å². The largest absolute Gasteiger partial charge is 0.264 e. The van der Waals surface area contributed by atoms with Gasteiger partial charge in [0.25, 0.3) is 0 Å². The first-order valence-corrected chi connectivity index (χ1v) is 7.67. The van der Waals surface area contributed by atoms with Gasteiger partial charge in [0.05, 0.1) is 9.99 Å². The minimum absolute atomic E-state index is 0.162. The maximum absolute atomic E-state index is 4.33. The van der Waals surface area contributed by atoms with Crippen LogP contribution in [0.15, 0.2) is 41.1 Å². The van der Waals surface area contributed by atoms with Gasteiger partial charge in [0.15, 0.2) is 0 Å². The van der Waals surface area contributed by atoms with E-state index >= 15 is 0 Å². The van der Waals surface area contributed by atoms with Crippen molar-refractivity contribution in [1.29, 1.82) is 0 Å². The summed E-state index contributed by atoms with van der Waals surface area (Å²) in [5.41, 5.74) is 4.25. The van der Waals surface area contributed by atoms with Gasteiger partial charge < -0.3 is 0 Å². The summed E-state index contributed by atoms with van der Waals surface area (Å²) in [6.45, 7) is 7.42. The Bertz CT molecular complexity index is 772. The lowest BCUT2D eigenvalue weighted by molar-refractivity contribution is 0.327. The molecule has 0 N–H and O–H groups in total. The summed E-state index contributed by atoms with van der Waals surface area (Å²) >= 11 is 3.67. The van der Waals surface area contributed by atoms with E-state index in [1.54, 1.807) is 6.20 Å². The summed E-state index contributed by atoms with van der Waals surface area (Å²) < 4.78 is 2.93. The molecule has 2 heterocycles. The van der Waals surface area contributed by atoms with Crippen LogP contribution in [-0.4, -0.2) is 20.0 Å². The zero-order valence-electron chi connectivity index (χ0n) is 12.3. The Hall–Kier alpha value is -1.75. The van der Waals surface area contributed by atoms with Crippen molar-refractivity contribution in [1.82, 2.24) is 20.0 Å². The van der Waals surface area contributed by atoms with Crippen LogP contribution in [0.25, 0.3) is 22.2 Å². The number of halogens is 1. The number of hydrogen-bond donors (Lipinski definition) is 0. The summed E-state index contributed by atoms with van der Waals surface area (Å²) in [4.78, 5) is 4.17. The monoisotopic (exact) mass is 344 g/mol. The van der Waals surface area contributed by atoms with E-state index in [2.05, 4.69) is 64.1 Å². The van der Waals surface area contributed by atoms with Crippen LogP contribution in [0.2, 0.25) is 0 Å². The van der Waals surface area contributed by atoms with Crippen molar-refractivity contribution < 1.29 is 0 Å². The average molecular weight is 345 g/mol. The Morgan fingerprint density at radius 2 is 2.00 bits per heavy atom. The number of benzene rings is 1. The molecule has 0 atom stereocenters. The zero-order valence-corrected chi connectivity index (χ0v) is 13.9. The molecule has 5 heteroatoms. The molecule has 3 rings (SSSR count). The van der Waals surface area contributed by atoms with Gasteiger partial charge in [-0.05, 0) is 39.0 Å². The van der Waals surface area contributed by atoms with E-state index in [9.17, 15) is 0 Å². The molecule has 0 amide bonds. The first-order valence-electron chi connectivity index (χ1n) is 6.88. The van der Waals surface area contributed by atoms with Gasteiger partial charge >= 0.3 is 0 Å². The summed E-state index contributed by atoms with van der Waals surface area (Å²) in [5.74, 6) is 0. The third-order valence-corrected chi connectivity index (χ3v) is 4.03. The van der Waals surface area contributed by atoms with E-state index < -0.39 is 0 Å². The summed E-state index contributed by atoms with van der Waals surface area (Å²) in [6.07, 6.45) is 3.63. The quantitative estimate of drug-likeness (QED) is 0.695. The molecular formula is C16H17BrN4. The Kier molecular flexibility index (Phi) is 3.53. The highest BCUT2D eigenvalue weighted by atomic mass is 79.9. The highest BCUT2D eigenvalue weighted by Gasteiger charge is 2.17. The van der Waals surface area contributed by atoms with Crippen LogP contribution in [0, 0.1) is 5.41 Å². The molecule has 21 heavy (non-hydrogen) atoms. The molecule has 0 radical (unpaired) electrons. The number of hydrogen-bond acceptors (Lipinski definition) is 3. The molecule has 4 nitrogen and oxygen atoms in total.